The van der Waals surface area contributed by atoms with E-state index in [0.29, 0.717) is 40.6 Å². The maximum Gasteiger partial charge on any atom is 0.313 e. The molecule has 5 rings (SSSR count). The summed E-state index contributed by atoms with van der Waals surface area (Å²) in [5.41, 5.74) is 1.09. The van der Waals surface area contributed by atoms with Gasteiger partial charge in [0.1, 0.15) is 11.3 Å². The van der Waals surface area contributed by atoms with E-state index in [1.165, 1.54) is 12.4 Å². The number of hydrogen-bond donors (Lipinski definition) is 1. The number of nitrogens with zero attached hydrogens (tertiary/aromatic N) is 4. The topological polar surface area (TPSA) is 85.7 Å². The Morgan fingerprint density at radius 3 is 3.00 bits per heavy atom. The summed E-state index contributed by atoms with van der Waals surface area (Å²) in [6.45, 7) is 4.02. The van der Waals surface area contributed by atoms with E-state index in [1.54, 1.807) is 30.0 Å². The minimum absolute atomic E-state index is 0.251. The fourth-order valence-corrected chi connectivity index (χ4v) is 4.97. The third kappa shape index (κ3) is 3.24. The predicted molar refractivity (Wildman–Crippen MR) is 120 cm³/mol. The zero-order valence-electron chi connectivity index (χ0n) is 17.9. The Morgan fingerprint density at radius 2 is 2.19 bits per heavy atom. The first-order valence-electron chi connectivity index (χ1n) is 10.8. The molecule has 1 N–H and O–H groups in total. The largest absolute Gasteiger partial charge is 0.466 e. The number of ether oxygens (including phenoxy) is 1. The Kier molecular flexibility index (Phi) is 5.12. The second kappa shape index (κ2) is 7.85. The van der Waals surface area contributed by atoms with Crippen LogP contribution in [0.3, 0.4) is 0 Å². The Balaban J connectivity index is 1.66. The van der Waals surface area contributed by atoms with Crippen LogP contribution in [0.2, 0.25) is 5.02 Å². The van der Waals surface area contributed by atoms with Crippen LogP contribution >= 0.6 is 11.6 Å². The highest BCUT2D eigenvalue weighted by molar-refractivity contribution is 6.31. The number of fused-ring (bicyclic) bond motifs is 2. The van der Waals surface area contributed by atoms with Gasteiger partial charge in [0.25, 0.3) is 0 Å². The quantitative estimate of drug-likeness (QED) is 0.413. The molecule has 1 saturated carbocycles. The molecule has 1 fully saturated rings. The molecule has 0 aromatic carbocycles. The number of esters is 1. The highest BCUT2D eigenvalue weighted by Gasteiger charge is 2.46. The van der Waals surface area contributed by atoms with Gasteiger partial charge in [0.2, 0.25) is 0 Å². The molecule has 0 amide bonds. The fraction of sp³-hybridized carbons (Fsp3) is 0.391. The number of aromatic nitrogens is 5. The molecule has 0 saturated heterocycles. The van der Waals surface area contributed by atoms with Crippen molar-refractivity contribution in [1.82, 2.24) is 24.5 Å². The van der Waals surface area contributed by atoms with Crippen LogP contribution in [0, 0.1) is 11.2 Å². The standard InChI is InChI=1S/C23H23ClFN5O2/c1-3-32-22(31)23(2)7-5-4-6-18(23)30-12-17(25)16-11-28-20(29-21(16)30)15-10-27-19-14(15)8-13(24)9-26-19/h8-12,18H,3-7H2,1-2H3,(H,26,27)/t18-,23-/m1/s1. The number of hydrogen-bond acceptors (Lipinski definition) is 5. The van der Waals surface area contributed by atoms with Crippen molar-refractivity contribution in [3.8, 4) is 11.4 Å². The fourth-order valence-electron chi connectivity index (χ4n) is 4.82. The van der Waals surface area contributed by atoms with Gasteiger partial charge in [-0.25, -0.2) is 19.3 Å². The van der Waals surface area contributed by atoms with Crippen LogP contribution in [0.4, 0.5) is 4.39 Å². The Bertz CT molecular complexity index is 1330. The molecule has 0 bridgehead atoms. The minimum atomic E-state index is -0.754. The summed E-state index contributed by atoms with van der Waals surface area (Å²) in [5, 5.41) is 1.60. The van der Waals surface area contributed by atoms with Gasteiger partial charge in [-0.2, -0.15) is 0 Å². The summed E-state index contributed by atoms with van der Waals surface area (Å²) >= 11 is 6.13. The normalized spacial score (nSPS) is 21.3. The first-order chi connectivity index (χ1) is 15.4. The average Bonchev–Trinajstić information content (AvgIpc) is 3.34. The first kappa shape index (κ1) is 20.9. The van der Waals surface area contributed by atoms with E-state index in [9.17, 15) is 9.18 Å². The van der Waals surface area contributed by atoms with E-state index in [0.717, 1.165) is 30.2 Å². The Morgan fingerprint density at radius 1 is 1.34 bits per heavy atom. The Labute approximate surface area is 189 Å². The van der Waals surface area contributed by atoms with Crippen LogP contribution < -0.4 is 0 Å². The molecule has 9 heteroatoms. The van der Waals surface area contributed by atoms with Gasteiger partial charge in [-0.15, -0.1) is 0 Å². The second-order valence-electron chi connectivity index (χ2n) is 8.47. The molecule has 0 spiro atoms. The smallest absolute Gasteiger partial charge is 0.313 e. The number of nitrogens with one attached hydrogen (secondary N) is 1. The summed E-state index contributed by atoms with van der Waals surface area (Å²) < 4.78 is 22.1. The molecule has 0 unspecified atom stereocenters. The molecule has 7 nitrogen and oxygen atoms in total. The van der Waals surface area contributed by atoms with Crippen molar-refractivity contribution in [3.05, 3.63) is 41.7 Å². The molecule has 1 aliphatic rings. The molecule has 2 atom stereocenters. The highest BCUT2D eigenvalue weighted by atomic mass is 35.5. The molecule has 4 aromatic heterocycles. The van der Waals surface area contributed by atoms with Crippen molar-refractivity contribution < 1.29 is 13.9 Å². The van der Waals surface area contributed by atoms with Gasteiger partial charge in [-0.3, -0.25) is 4.79 Å². The number of H-pyrrole nitrogens is 1. The van der Waals surface area contributed by atoms with Gasteiger partial charge in [-0.05, 0) is 32.8 Å². The van der Waals surface area contributed by atoms with E-state index >= 15 is 0 Å². The van der Waals surface area contributed by atoms with Crippen LogP contribution in [-0.4, -0.2) is 37.1 Å². The van der Waals surface area contributed by atoms with E-state index < -0.39 is 11.2 Å². The van der Waals surface area contributed by atoms with Crippen LogP contribution in [0.1, 0.15) is 45.6 Å². The van der Waals surface area contributed by atoms with E-state index in [-0.39, 0.29) is 12.0 Å². The number of carbonyl (C=O) groups is 1. The lowest BCUT2D eigenvalue weighted by molar-refractivity contribution is -0.159. The van der Waals surface area contributed by atoms with E-state index in [1.807, 2.05) is 6.92 Å². The van der Waals surface area contributed by atoms with Crippen molar-refractivity contribution in [1.29, 1.82) is 0 Å². The number of aromatic amines is 1. The van der Waals surface area contributed by atoms with Crippen molar-refractivity contribution >= 4 is 39.6 Å². The van der Waals surface area contributed by atoms with Gasteiger partial charge >= 0.3 is 5.97 Å². The van der Waals surface area contributed by atoms with Crippen molar-refractivity contribution in [2.75, 3.05) is 6.61 Å². The molecule has 166 valence electrons. The number of rotatable bonds is 4. The third-order valence-electron chi connectivity index (χ3n) is 6.50. The van der Waals surface area contributed by atoms with E-state index in [2.05, 4.69) is 15.0 Å². The molecule has 4 aromatic rings. The number of pyridine rings is 1. The van der Waals surface area contributed by atoms with Crippen LogP contribution in [0.5, 0.6) is 0 Å². The van der Waals surface area contributed by atoms with E-state index in [4.69, 9.17) is 21.3 Å². The first-order valence-corrected chi connectivity index (χ1v) is 11.1. The monoisotopic (exact) mass is 455 g/mol. The summed E-state index contributed by atoms with van der Waals surface area (Å²) in [7, 11) is 0. The second-order valence-corrected chi connectivity index (χ2v) is 8.90. The van der Waals surface area contributed by atoms with Crippen LogP contribution in [-0.2, 0) is 9.53 Å². The van der Waals surface area contributed by atoms with Gasteiger partial charge in [0.15, 0.2) is 11.6 Å². The summed E-state index contributed by atoms with van der Waals surface area (Å²) in [5.74, 6) is -0.230. The number of carbonyl (C=O) groups excluding carboxylic acids is 1. The zero-order chi connectivity index (χ0) is 22.5. The third-order valence-corrected chi connectivity index (χ3v) is 6.70. The van der Waals surface area contributed by atoms with Gasteiger partial charge in [0, 0.05) is 35.7 Å². The van der Waals surface area contributed by atoms with Gasteiger partial charge in [-0.1, -0.05) is 24.4 Å². The lowest BCUT2D eigenvalue weighted by Gasteiger charge is -2.40. The van der Waals surface area contributed by atoms with Crippen molar-refractivity contribution in [2.24, 2.45) is 5.41 Å². The molecule has 0 aliphatic heterocycles. The maximum absolute atomic E-state index is 14.9. The molecule has 4 heterocycles. The Hall–Kier alpha value is -3.00. The summed E-state index contributed by atoms with van der Waals surface area (Å²) in [6, 6.07) is 1.53. The predicted octanol–water partition coefficient (Wildman–Crippen LogP) is 5.45. The number of halogens is 2. The SMILES string of the molecule is CCOC(=O)[C@]1(C)CCCC[C@H]1n1cc(F)c2cnc(-c3c[nH]c4ncc(Cl)cc34)nc21. The zero-order valence-corrected chi connectivity index (χ0v) is 18.6. The van der Waals surface area contributed by atoms with Crippen molar-refractivity contribution in [2.45, 2.75) is 45.6 Å². The highest BCUT2D eigenvalue weighted by Crippen LogP contribution is 2.46. The van der Waals surface area contributed by atoms with Crippen molar-refractivity contribution in [3.63, 3.8) is 0 Å². The molecular weight excluding hydrogens is 433 g/mol. The van der Waals surface area contributed by atoms with Gasteiger partial charge in [0.05, 0.1) is 28.5 Å². The molecule has 1 aliphatic carbocycles. The molecule has 32 heavy (non-hydrogen) atoms. The minimum Gasteiger partial charge on any atom is -0.466 e. The molecule has 0 radical (unpaired) electrons. The summed E-state index contributed by atoms with van der Waals surface area (Å²) in [4.78, 5) is 29.4. The van der Waals surface area contributed by atoms with Gasteiger partial charge < -0.3 is 14.3 Å². The lowest BCUT2D eigenvalue weighted by atomic mass is 9.71. The van der Waals surface area contributed by atoms with Crippen LogP contribution in [0.15, 0.2) is 30.9 Å². The maximum atomic E-state index is 14.9. The summed E-state index contributed by atoms with van der Waals surface area (Å²) in [6.07, 6.45) is 9.56. The lowest BCUT2D eigenvalue weighted by Crippen LogP contribution is -2.41. The average molecular weight is 456 g/mol. The van der Waals surface area contributed by atoms with Crippen LogP contribution in [0.25, 0.3) is 33.5 Å². The molecular formula is C23H23ClFN5O2.